The summed E-state index contributed by atoms with van der Waals surface area (Å²) in [7, 11) is 0. The normalized spacial score (nSPS) is 10.7. The van der Waals surface area contributed by atoms with Crippen LogP contribution in [-0.2, 0) is 17.0 Å². The van der Waals surface area contributed by atoms with Crippen LogP contribution in [0.5, 0.6) is 0 Å². The smallest absolute Gasteiger partial charge is 0.291 e. The molecule has 2 amide bonds. The van der Waals surface area contributed by atoms with Crippen LogP contribution < -0.4 is 10.6 Å². The summed E-state index contributed by atoms with van der Waals surface area (Å²) in [6.07, 6.45) is 1.84. The first-order chi connectivity index (χ1) is 14.0. The molecule has 3 aromatic rings. The van der Waals surface area contributed by atoms with Crippen molar-refractivity contribution < 1.29 is 14.0 Å². The highest BCUT2D eigenvalue weighted by Gasteiger charge is 2.16. The topological polar surface area (TPSA) is 71.3 Å². The maximum absolute atomic E-state index is 12.6. The fourth-order valence-corrected chi connectivity index (χ4v) is 3.68. The van der Waals surface area contributed by atoms with Gasteiger partial charge in [-0.25, -0.2) is 0 Å². The molecule has 0 saturated heterocycles. The van der Waals surface area contributed by atoms with Gasteiger partial charge in [0.15, 0.2) is 5.76 Å². The molecule has 150 valence electrons. The van der Waals surface area contributed by atoms with Crippen molar-refractivity contribution in [3.05, 3.63) is 83.8 Å². The van der Waals surface area contributed by atoms with Crippen LogP contribution in [0.25, 0.3) is 0 Å². The number of anilines is 1. The van der Waals surface area contributed by atoms with Gasteiger partial charge in [0.25, 0.3) is 5.91 Å². The second kappa shape index (κ2) is 9.98. The van der Waals surface area contributed by atoms with E-state index in [1.165, 1.54) is 6.26 Å². The van der Waals surface area contributed by atoms with Crippen molar-refractivity contribution in [1.29, 1.82) is 0 Å². The lowest BCUT2D eigenvalue weighted by Gasteiger charge is -2.09. The third-order valence-electron chi connectivity index (χ3n) is 4.12. The molecular formula is C23H24N2O3S. The molecule has 0 aliphatic rings. The molecule has 1 aromatic heterocycles. The SMILES string of the molecule is CC(C)NC(=O)Cc1ccc(NC(=O)c2occc2CSc2ccccc2)cc1. The molecule has 2 N–H and O–H groups in total. The van der Waals surface area contributed by atoms with Crippen LogP contribution in [0, 0.1) is 0 Å². The van der Waals surface area contributed by atoms with Crippen molar-refractivity contribution >= 4 is 29.3 Å². The molecule has 29 heavy (non-hydrogen) atoms. The van der Waals surface area contributed by atoms with E-state index in [0.29, 0.717) is 23.6 Å². The van der Waals surface area contributed by atoms with Gasteiger partial charge in [0.2, 0.25) is 5.91 Å². The average Bonchev–Trinajstić information content (AvgIpc) is 3.17. The number of hydrogen-bond acceptors (Lipinski definition) is 4. The van der Waals surface area contributed by atoms with Crippen LogP contribution >= 0.6 is 11.8 Å². The fourth-order valence-electron chi connectivity index (χ4n) is 2.78. The second-order valence-corrected chi connectivity index (χ2v) is 7.98. The van der Waals surface area contributed by atoms with Crippen molar-refractivity contribution in [3.63, 3.8) is 0 Å². The summed E-state index contributed by atoms with van der Waals surface area (Å²) in [5.74, 6) is 0.651. The molecule has 2 aromatic carbocycles. The largest absolute Gasteiger partial charge is 0.459 e. The lowest BCUT2D eigenvalue weighted by atomic mass is 10.1. The Morgan fingerprint density at radius 2 is 1.72 bits per heavy atom. The highest BCUT2D eigenvalue weighted by molar-refractivity contribution is 7.98. The van der Waals surface area contributed by atoms with E-state index in [0.717, 1.165) is 16.0 Å². The molecule has 6 heteroatoms. The van der Waals surface area contributed by atoms with Gasteiger partial charge in [-0.15, -0.1) is 11.8 Å². The molecule has 0 fully saturated rings. The zero-order chi connectivity index (χ0) is 20.6. The van der Waals surface area contributed by atoms with Crippen molar-refractivity contribution in [3.8, 4) is 0 Å². The van der Waals surface area contributed by atoms with Gasteiger partial charge in [0.05, 0.1) is 12.7 Å². The monoisotopic (exact) mass is 408 g/mol. The average molecular weight is 409 g/mol. The molecule has 5 nitrogen and oxygen atoms in total. The number of hydrogen-bond donors (Lipinski definition) is 2. The first-order valence-corrected chi connectivity index (χ1v) is 10.4. The number of rotatable bonds is 8. The molecule has 0 spiro atoms. The summed E-state index contributed by atoms with van der Waals surface area (Å²) in [6.45, 7) is 3.86. The summed E-state index contributed by atoms with van der Waals surface area (Å²) in [6, 6.07) is 19.2. The fraction of sp³-hybridized carbons (Fsp3) is 0.217. The number of carbonyl (C=O) groups is 2. The maximum atomic E-state index is 12.6. The van der Waals surface area contributed by atoms with Crippen LogP contribution in [0.4, 0.5) is 5.69 Å². The van der Waals surface area contributed by atoms with Crippen LogP contribution in [-0.4, -0.2) is 17.9 Å². The first kappa shape index (κ1) is 20.7. The Kier molecular flexibility index (Phi) is 7.14. The molecule has 3 rings (SSSR count). The van der Waals surface area contributed by atoms with E-state index in [-0.39, 0.29) is 17.9 Å². The van der Waals surface area contributed by atoms with E-state index in [2.05, 4.69) is 10.6 Å². The Labute approximate surface area is 174 Å². The number of furan rings is 1. The van der Waals surface area contributed by atoms with Gasteiger partial charge in [-0.3, -0.25) is 9.59 Å². The minimum absolute atomic E-state index is 0.0204. The molecule has 0 aliphatic carbocycles. The number of benzene rings is 2. The molecule has 0 saturated carbocycles. The van der Waals surface area contributed by atoms with Crippen molar-refractivity contribution in [2.24, 2.45) is 0 Å². The lowest BCUT2D eigenvalue weighted by Crippen LogP contribution is -2.31. The first-order valence-electron chi connectivity index (χ1n) is 9.45. The molecule has 0 bridgehead atoms. The van der Waals surface area contributed by atoms with Gasteiger partial charge in [-0.2, -0.15) is 0 Å². The van der Waals surface area contributed by atoms with E-state index < -0.39 is 0 Å². The predicted molar refractivity (Wildman–Crippen MR) is 116 cm³/mol. The van der Waals surface area contributed by atoms with Gasteiger partial charge in [-0.1, -0.05) is 30.3 Å². The third-order valence-corrected chi connectivity index (χ3v) is 5.18. The van der Waals surface area contributed by atoms with Gasteiger partial charge >= 0.3 is 0 Å². The Hall–Kier alpha value is -2.99. The molecule has 0 aliphatic heterocycles. The Morgan fingerprint density at radius 3 is 2.41 bits per heavy atom. The number of thioether (sulfide) groups is 1. The van der Waals surface area contributed by atoms with Gasteiger partial charge in [0.1, 0.15) is 0 Å². The molecule has 0 atom stereocenters. The Bertz CT molecular complexity index is 950. The standard InChI is InChI=1S/C23H24N2O3S/c1-16(2)24-21(26)14-17-8-10-19(11-9-17)25-23(27)22-18(12-13-28-22)15-29-20-6-4-3-5-7-20/h3-13,16H,14-15H2,1-2H3,(H,24,26)(H,25,27). The molecule has 0 radical (unpaired) electrons. The van der Waals surface area contributed by atoms with Crippen LogP contribution in [0.3, 0.4) is 0 Å². The summed E-state index contributed by atoms with van der Waals surface area (Å²) in [5, 5.41) is 5.72. The Morgan fingerprint density at radius 1 is 1.00 bits per heavy atom. The maximum Gasteiger partial charge on any atom is 0.291 e. The van der Waals surface area contributed by atoms with E-state index in [4.69, 9.17) is 4.42 Å². The second-order valence-electron chi connectivity index (χ2n) is 6.93. The quantitative estimate of drug-likeness (QED) is 0.521. The van der Waals surface area contributed by atoms with Crippen LogP contribution in [0.2, 0.25) is 0 Å². The van der Waals surface area contributed by atoms with Crippen LogP contribution in [0.1, 0.15) is 35.5 Å². The highest BCUT2D eigenvalue weighted by atomic mass is 32.2. The molecule has 0 unspecified atom stereocenters. The number of carbonyl (C=O) groups excluding carboxylic acids is 2. The lowest BCUT2D eigenvalue weighted by molar-refractivity contribution is -0.120. The number of nitrogens with one attached hydrogen (secondary N) is 2. The predicted octanol–water partition coefficient (Wildman–Crippen LogP) is 4.89. The summed E-state index contributed by atoms with van der Waals surface area (Å²) in [4.78, 5) is 25.6. The summed E-state index contributed by atoms with van der Waals surface area (Å²) < 4.78 is 5.42. The highest BCUT2D eigenvalue weighted by Crippen LogP contribution is 2.25. The van der Waals surface area contributed by atoms with Crippen molar-refractivity contribution in [2.75, 3.05) is 5.32 Å². The molecular weight excluding hydrogens is 384 g/mol. The van der Waals surface area contributed by atoms with E-state index in [1.807, 2.05) is 62.4 Å². The number of amides is 2. The van der Waals surface area contributed by atoms with Gasteiger partial charge in [0, 0.05) is 27.9 Å². The summed E-state index contributed by atoms with van der Waals surface area (Å²) in [5.41, 5.74) is 2.39. The van der Waals surface area contributed by atoms with Crippen molar-refractivity contribution in [2.45, 2.75) is 37.0 Å². The third kappa shape index (κ3) is 6.26. The van der Waals surface area contributed by atoms with Crippen molar-refractivity contribution in [1.82, 2.24) is 5.32 Å². The van der Waals surface area contributed by atoms with E-state index >= 15 is 0 Å². The minimum Gasteiger partial charge on any atom is -0.459 e. The van der Waals surface area contributed by atoms with E-state index in [1.54, 1.807) is 23.9 Å². The minimum atomic E-state index is -0.288. The zero-order valence-electron chi connectivity index (χ0n) is 16.5. The molecule has 1 heterocycles. The van der Waals surface area contributed by atoms with Gasteiger partial charge in [-0.05, 0) is 49.7 Å². The van der Waals surface area contributed by atoms with Gasteiger partial charge < -0.3 is 15.1 Å². The summed E-state index contributed by atoms with van der Waals surface area (Å²) >= 11 is 1.65. The zero-order valence-corrected chi connectivity index (χ0v) is 17.3. The van der Waals surface area contributed by atoms with E-state index in [9.17, 15) is 9.59 Å². The Balaban J connectivity index is 1.58. The van der Waals surface area contributed by atoms with Crippen LogP contribution in [0.15, 0.2) is 76.2 Å².